The summed E-state index contributed by atoms with van der Waals surface area (Å²) in [6, 6.07) is 0.0514. The Morgan fingerprint density at radius 2 is 2.06 bits per heavy atom. The first kappa shape index (κ1) is 14.1. The number of hydrogen-bond donors (Lipinski definition) is 1. The molecule has 0 aliphatic rings. The van der Waals surface area contributed by atoms with Gasteiger partial charge in [0.2, 0.25) is 11.7 Å². The molecule has 1 rings (SSSR count). The van der Waals surface area contributed by atoms with Crippen molar-refractivity contribution in [2.24, 2.45) is 11.7 Å². The molecule has 0 saturated heterocycles. The van der Waals surface area contributed by atoms with E-state index in [1.54, 1.807) is 0 Å². The number of aromatic nitrogens is 2. The van der Waals surface area contributed by atoms with Gasteiger partial charge in [-0.3, -0.25) is 0 Å². The Morgan fingerprint density at radius 1 is 1.35 bits per heavy atom. The number of hydrogen-bond acceptors (Lipinski definition) is 5. The molecule has 1 aromatic heterocycles. The maximum atomic E-state index is 5.97. The molecule has 0 aromatic carbocycles. The van der Waals surface area contributed by atoms with Gasteiger partial charge in [0.15, 0.2) is 0 Å². The van der Waals surface area contributed by atoms with E-state index in [1.807, 2.05) is 13.8 Å². The van der Waals surface area contributed by atoms with Gasteiger partial charge in [-0.25, -0.2) is 0 Å². The Balaban J connectivity index is 2.63. The molecule has 0 aliphatic carbocycles. The van der Waals surface area contributed by atoms with Gasteiger partial charge in [-0.05, 0) is 19.3 Å². The van der Waals surface area contributed by atoms with Crippen molar-refractivity contribution in [1.29, 1.82) is 0 Å². The molecule has 98 valence electrons. The van der Waals surface area contributed by atoms with Crippen molar-refractivity contribution in [3.63, 3.8) is 0 Å². The molecule has 0 saturated carbocycles. The fourth-order valence-electron chi connectivity index (χ4n) is 1.50. The first-order valence-electron chi connectivity index (χ1n) is 6.28. The van der Waals surface area contributed by atoms with E-state index in [9.17, 15) is 0 Å². The van der Waals surface area contributed by atoms with E-state index in [4.69, 9.17) is 15.0 Å². The van der Waals surface area contributed by atoms with E-state index in [-0.39, 0.29) is 12.1 Å². The molecule has 2 unspecified atom stereocenters. The number of nitrogens with two attached hydrogens (primary N) is 1. The second-order valence-corrected chi connectivity index (χ2v) is 4.51. The first-order chi connectivity index (χ1) is 8.08. The third-order valence-electron chi connectivity index (χ3n) is 2.78. The zero-order valence-electron chi connectivity index (χ0n) is 11.1. The number of ether oxygens (including phenoxy) is 1. The van der Waals surface area contributed by atoms with Gasteiger partial charge in [0.05, 0.1) is 0 Å². The van der Waals surface area contributed by atoms with E-state index in [0.717, 1.165) is 6.42 Å². The average molecular weight is 241 g/mol. The fourth-order valence-corrected chi connectivity index (χ4v) is 1.50. The van der Waals surface area contributed by atoms with Gasteiger partial charge in [-0.1, -0.05) is 25.9 Å². The van der Waals surface area contributed by atoms with E-state index < -0.39 is 0 Å². The van der Waals surface area contributed by atoms with Crippen LogP contribution in [0.3, 0.4) is 0 Å². The predicted octanol–water partition coefficient (Wildman–Crippen LogP) is 2.08. The van der Waals surface area contributed by atoms with E-state index in [2.05, 4.69) is 24.0 Å². The third-order valence-corrected chi connectivity index (χ3v) is 2.78. The summed E-state index contributed by atoms with van der Waals surface area (Å²) in [6.07, 6.45) is 1.38. The molecule has 17 heavy (non-hydrogen) atoms. The maximum Gasteiger partial charge on any atom is 0.228 e. The van der Waals surface area contributed by atoms with E-state index in [0.29, 0.717) is 30.7 Å². The van der Waals surface area contributed by atoms with Crippen molar-refractivity contribution in [2.75, 3.05) is 6.61 Å². The molecular formula is C12H23N3O2. The SMILES string of the molecule is CCOC(CC)c1noc(CC(N)C(C)C)n1. The smallest absolute Gasteiger partial charge is 0.228 e. The third kappa shape index (κ3) is 4.09. The zero-order chi connectivity index (χ0) is 12.8. The number of rotatable bonds is 7. The fraction of sp³-hybridized carbons (Fsp3) is 0.833. The Labute approximate surface area is 103 Å². The van der Waals surface area contributed by atoms with Crippen LogP contribution in [0.25, 0.3) is 0 Å². The predicted molar refractivity (Wildman–Crippen MR) is 65.5 cm³/mol. The van der Waals surface area contributed by atoms with Crippen LogP contribution in [0.1, 0.15) is 51.9 Å². The topological polar surface area (TPSA) is 74.2 Å². The Bertz CT molecular complexity index is 325. The summed E-state index contributed by atoms with van der Waals surface area (Å²) in [7, 11) is 0. The van der Waals surface area contributed by atoms with Crippen LogP contribution in [0, 0.1) is 5.92 Å². The van der Waals surface area contributed by atoms with Crippen molar-refractivity contribution in [3.8, 4) is 0 Å². The van der Waals surface area contributed by atoms with Gasteiger partial charge in [-0.15, -0.1) is 0 Å². The molecule has 1 aromatic rings. The van der Waals surface area contributed by atoms with Crippen molar-refractivity contribution >= 4 is 0 Å². The van der Waals surface area contributed by atoms with Crippen LogP contribution in [-0.2, 0) is 11.2 Å². The van der Waals surface area contributed by atoms with E-state index in [1.165, 1.54) is 0 Å². The van der Waals surface area contributed by atoms with E-state index >= 15 is 0 Å². The minimum absolute atomic E-state index is 0.0514. The van der Waals surface area contributed by atoms with Crippen LogP contribution in [0.15, 0.2) is 4.52 Å². The van der Waals surface area contributed by atoms with Crippen LogP contribution in [-0.4, -0.2) is 22.8 Å². The molecule has 1 heterocycles. The summed E-state index contributed by atoms with van der Waals surface area (Å²) in [4.78, 5) is 4.34. The molecule has 0 radical (unpaired) electrons. The van der Waals surface area contributed by atoms with Gasteiger partial charge >= 0.3 is 0 Å². The lowest BCUT2D eigenvalue weighted by Gasteiger charge is -2.12. The highest BCUT2D eigenvalue weighted by atomic mass is 16.5. The standard InChI is InChI=1S/C12H23N3O2/c1-5-10(16-6-2)12-14-11(17-15-12)7-9(13)8(3)4/h8-10H,5-7,13H2,1-4H3. The minimum Gasteiger partial charge on any atom is -0.370 e. The molecule has 0 amide bonds. The first-order valence-corrected chi connectivity index (χ1v) is 6.28. The highest BCUT2D eigenvalue weighted by Gasteiger charge is 2.18. The molecule has 0 aliphatic heterocycles. The molecule has 5 nitrogen and oxygen atoms in total. The Morgan fingerprint density at radius 3 is 2.59 bits per heavy atom. The second-order valence-electron chi connectivity index (χ2n) is 4.51. The van der Waals surface area contributed by atoms with Gasteiger partial charge in [0, 0.05) is 19.1 Å². The zero-order valence-corrected chi connectivity index (χ0v) is 11.1. The van der Waals surface area contributed by atoms with Crippen molar-refractivity contribution < 1.29 is 9.26 Å². The summed E-state index contributed by atoms with van der Waals surface area (Å²) in [5.74, 6) is 1.62. The molecule has 0 spiro atoms. The highest BCUT2D eigenvalue weighted by Crippen LogP contribution is 2.18. The monoisotopic (exact) mass is 241 g/mol. The lowest BCUT2D eigenvalue weighted by molar-refractivity contribution is 0.0518. The minimum atomic E-state index is -0.0761. The summed E-state index contributed by atoms with van der Waals surface area (Å²) in [6.45, 7) is 8.80. The molecule has 5 heteroatoms. The second kappa shape index (κ2) is 6.71. The van der Waals surface area contributed by atoms with Crippen molar-refractivity contribution in [2.45, 2.75) is 52.7 Å². The molecular weight excluding hydrogens is 218 g/mol. The maximum absolute atomic E-state index is 5.97. The summed E-state index contributed by atoms with van der Waals surface area (Å²) in [5.41, 5.74) is 5.97. The normalized spacial score (nSPS) is 15.2. The Hall–Kier alpha value is -0.940. The largest absolute Gasteiger partial charge is 0.370 e. The van der Waals surface area contributed by atoms with Crippen LogP contribution in [0.4, 0.5) is 0 Å². The Kier molecular flexibility index (Phi) is 5.58. The quantitative estimate of drug-likeness (QED) is 0.791. The molecule has 2 atom stereocenters. The summed E-state index contributed by atoms with van der Waals surface area (Å²) in [5, 5.41) is 3.95. The van der Waals surface area contributed by atoms with Gasteiger partial charge in [0.1, 0.15) is 6.10 Å². The van der Waals surface area contributed by atoms with Gasteiger partial charge in [-0.2, -0.15) is 4.98 Å². The van der Waals surface area contributed by atoms with Crippen LogP contribution in [0.5, 0.6) is 0 Å². The molecule has 0 bridgehead atoms. The number of nitrogens with zero attached hydrogens (tertiary/aromatic N) is 2. The lowest BCUT2D eigenvalue weighted by atomic mass is 10.0. The van der Waals surface area contributed by atoms with Crippen molar-refractivity contribution in [1.82, 2.24) is 10.1 Å². The molecule has 0 fully saturated rings. The van der Waals surface area contributed by atoms with Gasteiger partial charge < -0.3 is 15.0 Å². The van der Waals surface area contributed by atoms with Gasteiger partial charge in [0.25, 0.3) is 0 Å². The summed E-state index contributed by atoms with van der Waals surface area (Å²) < 4.78 is 10.7. The van der Waals surface area contributed by atoms with Crippen LogP contribution in [0.2, 0.25) is 0 Å². The summed E-state index contributed by atoms with van der Waals surface area (Å²) >= 11 is 0. The van der Waals surface area contributed by atoms with Crippen LogP contribution < -0.4 is 5.73 Å². The lowest BCUT2D eigenvalue weighted by Crippen LogP contribution is -2.28. The van der Waals surface area contributed by atoms with Crippen LogP contribution >= 0.6 is 0 Å². The average Bonchev–Trinajstić information content (AvgIpc) is 2.74. The molecule has 2 N–H and O–H groups in total. The van der Waals surface area contributed by atoms with Crippen molar-refractivity contribution in [3.05, 3.63) is 11.7 Å². The highest BCUT2D eigenvalue weighted by molar-refractivity contribution is 4.93.